The van der Waals surface area contributed by atoms with Crippen molar-refractivity contribution in [3.05, 3.63) is 24.3 Å². The summed E-state index contributed by atoms with van der Waals surface area (Å²) < 4.78 is 5.19. The Hall–Kier alpha value is -0.560. The van der Waals surface area contributed by atoms with Gasteiger partial charge >= 0.3 is 0 Å². The number of allylic oxidation sites excluding steroid dienone is 2. The van der Waals surface area contributed by atoms with Crippen molar-refractivity contribution < 1.29 is 4.74 Å². The van der Waals surface area contributed by atoms with Gasteiger partial charge in [-0.2, -0.15) is 0 Å². The standard InChI is InChI=1S/C9H14O/c1-9(2)5-3-7-10-8-4-6-9/h3-6H,7-8H2,1-2H3/b5-3-,6-4?. The van der Waals surface area contributed by atoms with Gasteiger partial charge in [0.2, 0.25) is 0 Å². The van der Waals surface area contributed by atoms with Crippen LogP contribution in [0, 0.1) is 5.41 Å². The molecule has 0 aromatic rings. The molecule has 0 bridgehead atoms. The number of hydrogen-bond acceptors (Lipinski definition) is 1. The first-order valence-corrected chi connectivity index (χ1v) is 3.64. The topological polar surface area (TPSA) is 9.23 Å². The molecular weight excluding hydrogens is 124 g/mol. The third-order valence-corrected chi connectivity index (χ3v) is 1.52. The van der Waals surface area contributed by atoms with Crippen LogP contribution in [0.1, 0.15) is 13.8 Å². The molecule has 10 heavy (non-hydrogen) atoms. The lowest BCUT2D eigenvalue weighted by Gasteiger charge is -2.16. The van der Waals surface area contributed by atoms with E-state index in [1.807, 2.05) is 0 Å². The summed E-state index contributed by atoms with van der Waals surface area (Å²) in [5, 5.41) is 0. The quantitative estimate of drug-likeness (QED) is 0.466. The van der Waals surface area contributed by atoms with Crippen LogP contribution >= 0.6 is 0 Å². The van der Waals surface area contributed by atoms with E-state index in [0.29, 0.717) is 0 Å². The van der Waals surface area contributed by atoms with Crippen molar-refractivity contribution in [1.82, 2.24) is 0 Å². The van der Waals surface area contributed by atoms with Gasteiger partial charge in [0.15, 0.2) is 0 Å². The minimum atomic E-state index is 0.212. The van der Waals surface area contributed by atoms with Crippen LogP contribution in [-0.2, 0) is 4.74 Å². The highest BCUT2D eigenvalue weighted by Gasteiger charge is 2.08. The van der Waals surface area contributed by atoms with Crippen molar-refractivity contribution in [2.24, 2.45) is 5.41 Å². The lowest BCUT2D eigenvalue weighted by molar-refractivity contribution is 0.191. The molecule has 1 aliphatic rings. The molecule has 0 spiro atoms. The van der Waals surface area contributed by atoms with Gasteiger partial charge < -0.3 is 4.74 Å². The summed E-state index contributed by atoms with van der Waals surface area (Å²) in [6, 6.07) is 0. The zero-order valence-corrected chi connectivity index (χ0v) is 6.63. The normalized spacial score (nSPS) is 27.0. The number of rotatable bonds is 0. The number of hydrogen-bond donors (Lipinski definition) is 0. The fraction of sp³-hybridized carbons (Fsp3) is 0.556. The second-order valence-electron chi connectivity index (χ2n) is 3.16. The zero-order valence-electron chi connectivity index (χ0n) is 6.63. The second-order valence-corrected chi connectivity index (χ2v) is 3.16. The molecule has 0 aromatic heterocycles. The van der Waals surface area contributed by atoms with Crippen molar-refractivity contribution in [1.29, 1.82) is 0 Å². The molecule has 0 saturated carbocycles. The first kappa shape index (κ1) is 7.55. The molecule has 0 N–H and O–H groups in total. The Balaban J connectivity index is 2.63. The molecular formula is C9H14O. The molecule has 0 atom stereocenters. The van der Waals surface area contributed by atoms with Gasteiger partial charge in [-0.15, -0.1) is 0 Å². The Kier molecular flexibility index (Phi) is 2.28. The highest BCUT2D eigenvalue weighted by atomic mass is 16.5. The average Bonchev–Trinajstić information content (AvgIpc) is 1.81. The van der Waals surface area contributed by atoms with Crippen LogP contribution in [0.3, 0.4) is 0 Å². The van der Waals surface area contributed by atoms with Gasteiger partial charge in [0.05, 0.1) is 13.2 Å². The third kappa shape index (κ3) is 2.36. The monoisotopic (exact) mass is 138 g/mol. The predicted molar refractivity (Wildman–Crippen MR) is 42.9 cm³/mol. The van der Waals surface area contributed by atoms with Gasteiger partial charge in [-0.3, -0.25) is 0 Å². The predicted octanol–water partition coefficient (Wildman–Crippen LogP) is 2.16. The minimum Gasteiger partial charge on any atom is -0.373 e. The third-order valence-electron chi connectivity index (χ3n) is 1.52. The van der Waals surface area contributed by atoms with Gasteiger partial charge in [-0.05, 0) is 0 Å². The fourth-order valence-corrected chi connectivity index (χ4v) is 0.963. The molecule has 0 saturated heterocycles. The smallest absolute Gasteiger partial charge is 0.0652 e. The minimum absolute atomic E-state index is 0.212. The van der Waals surface area contributed by atoms with E-state index in [9.17, 15) is 0 Å². The van der Waals surface area contributed by atoms with Gasteiger partial charge in [0, 0.05) is 5.41 Å². The molecule has 1 nitrogen and oxygen atoms in total. The largest absolute Gasteiger partial charge is 0.373 e. The van der Waals surface area contributed by atoms with Crippen LogP contribution in [0.15, 0.2) is 24.3 Å². The Labute approximate surface area is 62.4 Å². The zero-order chi connectivity index (χ0) is 7.45. The molecule has 1 heteroatoms. The van der Waals surface area contributed by atoms with E-state index in [1.165, 1.54) is 0 Å². The Morgan fingerprint density at radius 3 is 2.10 bits per heavy atom. The summed E-state index contributed by atoms with van der Waals surface area (Å²) in [5.74, 6) is 0. The molecule has 1 heterocycles. The Morgan fingerprint density at radius 2 is 1.60 bits per heavy atom. The highest BCUT2D eigenvalue weighted by Crippen LogP contribution is 2.19. The van der Waals surface area contributed by atoms with Crippen molar-refractivity contribution in [3.8, 4) is 0 Å². The van der Waals surface area contributed by atoms with Crippen LogP contribution < -0.4 is 0 Å². The van der Waals surface area contributed by atoms with Crippen molar-refractivity contribution in [3.63, 3.8) is 0 Å². The highest BCUT2D eigenvalue weighted by molar-refractivity contribution is 5.08. The van der Waals surface area contributed by atoms with Crippen molar-refractivity contribution >= 4 is 0 Å². The van der Waals surface area contributed by atoms with E-state index >= 15 is 0 Å². The van der Waals surface area contributed by atoms with E-state index in [2.05, 4.69) is 38.2 Å². The van der Waals surface area contributed by atoms with Gasteiger partial charge in [-0.25, -0.2) is 0 Å². The SMILES string of the molecule is CC1(C)C=CCOC/C=C\1. The molecule has 56 valence electrons. The molecule has 0 amide bonds. The van der Waals surface area contributed by atoms with Crippen molar-refractivity contribution in [2.45, 2.75) is 13.8 Å². The Morgan fingerprint density at radius 1 is 1.10 bits per heavy atom. The second kappa shape index (κ2) is 3.02. The van der Waals surface area contributed by atoms with Crippen molar-refractivity contribution in [2.75, 3.05) is 13.2 Å². The molecule has 0 aromatic carbocycles. The first-order chi connectivity index (χ1) is 4.71. The summed E-state index contributed by atoms with van der Waals surface area (Å²) in [5.41, 5.74) is 0.212. The number of ether oxygens (including phenoxy) is 1. The van der Waals surface area contributed by atoms with Gasteiger partial charge in [0.25, 0.3) is 0 Å². The van der Waals surface area contributed by atoms with Crippen LogP contribution in [0.25, 0.3) is 0 Å². The summed E-state index contributed by atoms with van der Waals surface area (Å²) in [4.78, 5) is 0. The summed E-state index contributed by atoms with van der Waals surface area (Å²) in [7, 11) is 0. The lowest BCUT2D eigenvalue weighted by atomic mass is 9.92. The summed E-state index contributed by atoms with van der Waals surface area (Å²) >= 11 is 0. The van der Waals surface area contributed by atoms with E-state index in [1.54, 1.807) is 0 Å². The first-order valence-electron chi connectivity index (χ1n) is 3.64. The van der Waals surface area contributed by atoms with E-state index in [4.69, 9.17) is 4.74 Å². The van der Waals surface area contributed by atoms with Crippen LogP contribution in [-0.4, -0.2) is 13.2 Å². The van der Waals surface area contributed by atoms with Crippen LogP contribution in [0.5, 0.6) is 0 Å². The molecule has 1 rings (SSSR count). The van der Waals surface area contributed by atoms with E-state index < -0.39 is 0 Å². The molecule has 0 aliphatic carbocycles. The maximum absolute atomic E-state index is 5.19. The molecule has 0 fully saturated rings. The Bertz CT molecular complexity index is 138. The summed E-state index contributed by atoms with van der Waals surface area (Å²) in [6.45, 7) is 5.86. The van der Waals surface area contributed by atoms with E-state index in [-0.39, 0.29) is 5.41 Å². The molecule has 0 radical (unpaired) electrons. The van der Waals surface area contributed by atoms with Gasteiger partial charge in [-0.1, -0.05) is 38.2 Å². The molecule has 1 aliphatic heterocycles. The van der Waals surface area contributed by atoms with Crippen LogP contribution in [0.2, 0.25) is 0 Å². The summed E-state index contributed by atoms with van der Waals surface area (Å²) in [6.07, 6.45) is 8.48. The molecule has 0 unspecified atom stereocenters. The maximum atomic E-state index is 5.19. The average molecular weight is 138 g/mol. The maximum Gasteiger partial charge on any atom is 0.0652 e. The van der Waals surface area contributed by atoms with Crippen LogP contribution in [0.4, 0.5) is 0 Å². The lowest BCUT2D eigenvalue weighted by Crippen LogP contribution is -2.06. The van der Waals surface area contributed by atoms with E-state index in [0.717, 1.165) is 13.2 Å². The fourth-order valence-electron chi connectivity index (χ4n) is 0.963. The van der Waals surface area contributed by atoms with Gasteiger partial charge in [0.1, 0.15) is 0 Å².